The van der Waals surface area contributed by atoms with E-state index in [2.05, 4.69) is 30.6 Å². The number of halogens is 3. The number of carboxylic acid groups (broad SMARTS) is 3. The first-order valence-electron chi connectivity index (χ1n) is 20.9. The Morgan fingerprint density at radius 1 is 0.821 bits per heavy atom. The normalized spacial score (nSPS) is 14.6. The van der Waals surface area contributed by atoms with Crippen LogP contribution in [0.4, 0.5) is 24.8 Å². The highest BCUT2D eigenvalue weighted by Crippen LogP contribution is 2.26. The summed E-state index contributed by atoms with van der Waals surface area (Å²) in [5.41, 5.74) is 3.46. The highest BCUT2D eigenvalue weighted by molar-refractivity contribution is 5.99. The number of hydrogen-bond donors (Lipinski definition) is 7. The van der Waals surface area contributed by atoms with Crippen LogP contribution in [0, 0.1) is 0 Å². The lowest BCUT2D eigenvalue weighted by Gasteiger charge is -2.24. The second kappa shape index (κ2) is 25.9. The van der Waals surface area contributed by atoms with Crippen LogP contribution >= 0.6 is 0 Å². The zero-order chi connectivity index (χ0) is 49.1. The summed E-state index contributed by atoms with van der Waals surface area (Å²) in [5, 5.41) is 33.1. The maximum Gasteiger partial charge on any atom is 0.471 e. The minimum atomic E-state index is -5.33. The molecule has 3 aromatic rings. The molecular formula is C40H52F3N11O13. The lowest BCUT2D eigenvalue weighted by atomic mass is 10.1. The van der Waals surface area contributed by atoms with Crippen molar-refractivity contribution >= 4 is 64.2 Å². The number of benzene rings is 1. The topological polar surface area (TPSA) is 333 Å². The summed E-state index contributed by atoms with van der Waals surface area (Å²) >= 11 is 0. The molecule has 1 aliphatic rings. The van der Waals surface area contributed by atoms with Gasteiger partial charge in [-0.2, -0.15) is 18.2 Å². The molecule has 1 aromatic carbocycles. The van der Waals surface area contributed by atoms with Gasteiger partial charge in [0.25, 0.3) is 11.5 Å². The maximum atomic E-state index is 13.6. The second-order valence-electron chi connectivity index (χ2n) is 15.2. The maximum absolute atomic E-state index is 13.6. The molecule has 2 aromatic heterocycles. The first kappa shape index (κ1) is 52.9. The quantitative estimate of drug-likeness (QED) is 0.0498. The number of aliphatic carboxylic acids is 3. The minimum absolute atomic E-state index is 0.0302. The monoisotopic (exact) mass is 951 g/mol. The van der Waals surface area contributed by atoms with Gasteiger partial charge in [-0.25, -0.2) is 14.8 Å². The lowest BCUT2D eigenvalue weighted by molar-refractivity contribution is -0.170. The molecule has 0 radical (unpaired) electrons. The van der Waals surface area contributed by atoms with E-state index in [-0.39, 0.29) is 118 Å². The third-order valence-electron chi connectivity index (χ3n) is 10.0. The number of nitrogens with two attached hydrogens (primary N) is 1. The average Bonchev–Trinajstić information content (AvgIpc) is 3.34. The smallest absolute Gasteiger partial charge is 0.471 e. The minimum Gasteiger partial charge on any atom is -0.480 e. The molecule has 8 N–H and O–H groups in total. The largest absolute Gasteiger partial charge is 0.480 e. The Kier molecular flexibility index (Phi) is 20.4. The number of aromatic amines is 1. The Balaban J connectivity index is 1.13. The number of ether oxygens (including phenoxy) is 2. The predicted molar refractivity (Wildman–Crippen MR) is 228 cm³/mol. The SMILES string of the molecule is Nc1nc2ncc(CN(C(=O)C(F)(F)F)c3ccc(C(=O)N[C@@H](CCC(=O)CCCOCCOCCNC(=O)CN4CCN(CC(=O)O)CCN(CC(=O)O)CC4)C(=O)O)cc3)nc2c(=O)[nH]1. The number of carbonyl (C=O) groups excluding carboxylic acids is 4. The van der Waals surface area contributed by atoms with E-state index in [1.165, 1.54) is 0 Å². The zero-order valence-electron chi connectivity index (χ0n) is 36.2. The van der Waals surface area contributed by atoms with Crippen LogP contribution in [0.3, 0.4) is 0 Å². The fourth-order valence-electron chi connectivity index (χ4n) is 6.62. The number of ketones is 1. The van der Waals surface area contributed by atoms with Crippen molar-refractivity contribution in [1.29, 1.82) is 0 Å². The lowest BCUT2D eigenvalue weighted by Crippen LogP contribution is -2.43. The third-order valence-corrected chi connectivity index (χ3v) is 10.0. The third kappa shape index (κ3) is 18.3. The van der Waals surface area contributed by atoms with Gasteiger partial charge in [0.1, 0.15) is 11.8 Å². The standard InChI is InChI=1S/C40H52F3N11O13/c41-40(42,43)38(65)54(21-26-20-46-34-33(47-26)36(62)50-39(44)49-34)27-5-3-25(4-6-27)35(61)48-29(37(63)64)8-7-28(55)2-1-16-66-18-19-67-17-9-45-30(56)22-51-10-12-52(23-31(57)58)14-15-53(13-11-51)24-32(59)60/h3-6,20,29H,1-2,7-19,21-24H2,(H,45,56)(H,48,61)(H,57,58)(H,59,60)(H,63,64)(H3,44,46,49,50,62)/t29-/m0/s1. The van der Waals surface area contributed by atoms with Crippen molar-refractivity contribution in [2.45, 2.75) is 44.4 Å². The van der Waals surface area contributed by atoms with Crippen molar-refractivity contribution in [3.8, 4) is 0 Å². The van der Waals surface area contributed by atoms with Crippen molar-refractivity contribution in [3.05, 3.63) is 52.1 Å². The molecule has 366 valence electrons. The molecule has 67 heavy (non-hydrogen) atoms. The van der Waals surface area contributed by atoms with Gasteiger partial charge in [-0.15, -0.1) is 0 Å². The highest BCUT2D eigenvalue weighted by Gasteiger charge is 2.43. The summed E-state index contributed by atoms with van der Waals surface area (Å²) in [6.45, 7) is 2.21. The molecule has 3 amide bonds. The molecular weight excluding hydrogens is 899 g/mol. The number of fused-ring (bicyclic) bond motifs is 1. The summed E-state index contributed by atoms with van der Waals surface area (Å²) in [6, 6.07) is 2.71. The Labute approximate surface area is 379 Å². The van der Waals surface area contributed by atoms with Crippen molar-refractivity contribution in [1.82, 2.24) is 45.3 Å². The molecule has 0 aliphatic carbocycles. The van der Waals surface area contributed by atoms with E-state index < -0.39 is 54.0 Å². The number of amides is 3. The molecule has 0 unspecified atom stereocenters. The number of anilines is 2. The molecule has 0 spiro atoms. The first-order chi connectivity index (χ1) is 31.8. The van der Waals surface area contributed by atoms with Crippen molar-refractivity contribution < 1.29 is 71.5 Å². The number of alkyl halides is 3. The summed E-state index contributed by atoms with van der Waals surface area (Å²) in [4.78, 5) is 116. The average molecular weight is 952 g/mol. The molecule has 24 nitrogen and oxygen atoms in total. The fourth-order valence-corrected chi connectivity index (χ4v) is 6.62. The number of Topliss-reactive ketones (excluding diaryl/α,β-unsaturated/α-hetero) is 1. The number of nitrogen functional groups attached to an aromatic ring is 1. The molecule has 1 saturated heterocycles. The van der Waals surface area contributed by atoms with Gasteiger partial charge in [-0.3, -0.25) is 58.1 Å². The molecule has 4 rings (SSSR count). The number of aromatic nitrogens is 4. The zero-order valence-corrected chi connectivity index (χ0v) is 36.2. The van der Waals surface area contributed by atoms with E-state index in [0.29, 0.717) is 50.6 Å². The van der Waals surface area contributed by atoms with Crippen LogP contribution in [-0.2, 0) is 44.8 Å². The van der Waals surface area contributed by atoms with E-state index in [1.807, 2.05) is 4.90 Å². The number of nitrogens with one attached hydrogen (secondary N) is 3. The van der Waals surface area contributed by atoms with Crippen LogP contribution in [-0.4, -0.2) is 195 Å². The van der Waals surface area contributed by atoms with Crippen LogP contribution in [0.5, 0.6) is 0 Å². The summed E-state index contributed by atoms with van der Waals surface area (Å²) in [5.74, 6) is -7.48. The molecule has 3 heterocycles. The van der Waals surface area contributed by atoms with Gasteiger partial charge >= 0.3 is 30.0 Å². The van der Waals surface area contributed by atoms with E-state index in [0.717, 1.165) is 30.5 Å². The molecule has 1 atom stereocenters. The number of nitrogens with zero attached hydrogens (tertiary/aromatic N) is 7. The second-order valence-corrected chi connectivity index (χ2v) is 15.2. The Morgan fingerprint density at radius 2 is 1.40 bits per heavy atom. The molecule has 1 fully saturated rings. The number of carboxylic acids is 3. The van der Waals surface area contributed by atoms with Gasteiger partial charge in [0.05, 0.1) is 57.9 Å². The summed E-state index contributed by atoms with van der Waals surface area (Å²) in [7, 11) is 0. The van der Waals surface area contributed by atoms with Crippen LogP contribution in [0.1, 0.15) is 41.7 Å². The van der Waals surface area contributed by atoms with Gasteiger partial charge in [-0.1, -0.05) is 0 Å². The Hall–Kier alpha value is -6.68. The summed E-state index contributed by atoms with van der Waals surface area (Å²) in [6.07, 6.45) is -4.41. The number of carbonyl (C=O) groups is 7. The Morgan fingerprint density at radius 3 is 1.97 bits per heavy atom. The van der Waals surface area contributed by atoms with Crippen LogP contribution in [0.2, 0.25) is 0 Å². The predicted octanol–water partition coefficient (Wildman–Crippen LogP) is -1.06. The number of rotatable bonds is 25. The van der Waals surface area contributed by atoms with Gasteiger partial charge in [0.15, 0.2) is 11.2 Å². The number of hydrogen-bond acceptors (Lipinski definition) is 17. The van der Waals surface area contributed by atoms with E-state index in [4.69, 9.17) is 15.2 Å². The fraction of sp³-hybridized carbons (Fsp3) is 0.525. The summed E-state index contributed by atoms with van der Waals surface area (Å²) < 4.78 is 51.8. The van der Waals surface area contributed by atoms with Crippen molar-refractivity contribution in [2.24, 2.45) is 0 Å². The Bertz CT molecular complexity index is 2240. The van der Waals surface area contributed by atoms with E-state index >= 15 is 0 Å². The van der Waals surface area contributed by atoms with Gasteiger partial charge in [-0.05, 0) is 37.1 Å². The van der Waals surface area contributed by atoms with Crippen molar-refractivity contribution in [2.75, 3.05) is 103 Å². The van der Waals surface area contributed by atoms with Gasteiger partial charge in [0.2, 0.25) is 11.9 Å². The van der Waals surface area contributed by atoms with E-state index in [9.17, 15) is 66.8 Å². The molecule has 27 heteroatoms. The van der Waals surface area contributed by atoms with Gasteiger partial charge in [0, 0.05) is 76.5 Å². The number of H-pyrrole nitrogens is 1. The highest BCUT2D eigenvalue weighted by atomic mass is 19.4. The van der Waals surface area contributed by atoms with Crippen LogP contribution in [0.15, 0.2) is 35.3 Å². The van der Waals surface area contributed by atoms with Crippen molar-refractivity contribution in [3.63, 3.8) is 0 Å². The van der Waals surface area contributed by atoms with Crippen LogP contribution in [0.25, 0.3) is 11.2 Å². The van der Waals surface area contributed by atoms with Crippen LogP contribution < -0.4 is 26.8 Å². The molecule has 0 saturated carbocycles. The van der Waals surface area contributed by atoms with E-state index in [1.54, 1.807) is 9.80 Å². The molecule has 0 bridgehead atoms. The molecule has 1 aliphatic heterocycles. The first-order valence-corrected chi connectivity index (χ1v) is 20.9. The van der Waals surface area contributed by atoms with Gasteiger partial charge < -0.3 is 41.2 Å².